The van der Waals surface area contributed by atoms with Crippen LogP contribution in [-0.4, -0.2) is 40.9 Å². The van der Waals surface area contributed by atoms with Crippen LogP contribution in [0.3, 0.4) is 0 Å². The number of nitrogens with zero attached hydrogens (tertiary/aromatic N) is 5. The molecule has 0 radical (unpaired) electrons. The van der Waals surface area contributed by atoms with E-state index in [9.17, 15) is 0 Å². The molecule has 1 N–H and O–H groups in total. The number of aromatic nitrogens is 3. The number of ether oxygens (including phenoxy) is 1. The SMILES string of the molecule is N#CNc1ccc(-c2nc(N3CCOCC3)c3cccn3n2)cc1. The van der Waals surface area contributed by atoms with Crippen LogP contribution in [0.2, 0.25) is 0 Å². The molecule has 0 spiro atoms. The maximum atomic E-state index is 8.68. The number of hydrogen-bond donors (Lipinski definition) is 1. The van der Waals surface area contributed by atoms with Crippen molar-refractivity contribution in [2.24, 2.45) is 0 Å². The quantitative estimate of drug-likeness (QED) is 0.588. The molecular formula is C17H16N6O. The molecule has 24 heavy (non-hydrogen) atoms. The molecule has 1 aliphatic heterocycles. The van der Waals surface area contributed by atoms with Gasteiger partial charge in [0.1, 0.15) is 5.52 Å². The summed E-state index contributed by atoms with van der Waals surface area (Å²) < 4.78 is 7.30. The van der Waals surface area contributed by atoms with Gasteiger partial charge in [-0.25, -0.2) is 9.50 Å². The minimum absolute atomic E-state index is 0.656. The first-order valence-electron chi connectivity index (χ1n) is 7.79. The fourth-order valence-electron chi connectivity index (χ4n) is 2.82. The highest BCUT2D eigenvalue weighted by Crippen LogP contribution is 2.25. The van der Waals surface area contributed by atoms with Crippen molar-refractivity contribution < 1.29 is 4.74 Å². The molecule has 0 unspecified atom stereocenters. The summed E-state index contributed by atoms with van der Waals surface area (Å²) in [7, 11) is 0. The number of anilines is 2. The zero-order chi connectivity index (χ0) is 16.4. The van der Waals surface area contributed by atoms with Crippen LogP contribution in [0.4, 0.5) is 11.5 Å². The lowest BCUT2D eigenvalue weighted by Gasteiger charge is -2.28. The van der Waals surface area contributed by atoms with Gasteiger partial charge in [0.2, 0.25) is 0 Å². The third-order valence-corrected chi connectivity index (χ3v) is 4.03. The van der Waals surface area contributed by atoms with Gasteiger partial charge in [0.05, 0.1) is 13.2 Å². The molecule has 3 heterocycles. The third-order valence-electron chi connectivity index (χ3n) is 4.03. The van der Waals surface area contributed by atoms with E-state index in [0.717, 1.165) is 35.7 Å². The van der Waals surface area contributed by atoms with Gasteiger partial charge >= 0.3 is 0 Å². The van der Waals surface area contributed by atoms with Crippen molar-refractivity contribution in [2.75, 3.05) is 36.5 Å². The third kappa shape index (κ3) is 2.64. The van der Waals surface area contributed by atoms with Gasteiger partial charge in [-0.15, -0.1) is 5.10 Å². The second kappa shape index (κ2) is 6.18. The van der Waals surface area contributed by atoms with Crippen molar-refractivity contribution in [1.29, 1.82) is 5.26 Å². The Morgan fingerprint density at radius 2 is 1.92 bits per heavy atom. The molecule has 120 valence electrons. The van der Waals surface area contributed by atoms with Crippen molar-refractivity contribution in [3.63, 3.8) is 0 Å². The molecule has 3 aromatic rings. The number of hydrogen-bond acceptors (Lipinski definition) is 6. The van der Waals surface area contributed by atoms with Crippen molar-refractivity contribution in [3.8, 4) is 17.6 Å². The Kier molecular flexibility index (Phi) is 3.73. The first-order chi connectivity index (χ1) is 11.8. The van der Waals surface area contributed by atoms with E-state index < -0.39 is 0 Å². The summed E-state index contributed by atoms with van der Waals surface area (Å²) in [4.78, 5) is 7.03. The molecule has 1 fully saturated rings. The van der Waals surface area contributed by atoms with Crippen LogP contribution in [0.15, 0.2) is 42.6 Å². The van der Waals surface area contributed by atoms with Gasteiger partial charge in [-0.1, -0.05) is 0 Å². The van der Waals surface area contributed by atoms with Crippen molar-refractivity contribution >= 4 is 17.0 Å². The molecule has 2 aromatic heterocycles. The minimum Gasteiger partial charge on any atom is -0.378 e. The minimum atomic E-state index is 0.656. The maximum absolute atomic E-state index is 8.68. The largest absolute Gasteiger partial charge is 0.378 e. The van der Waals surface area contributed by atoms with Crippen LogP contribution in [-0.2, 0) is 4.74 Å². The summed E-state index contributed by atoms with van der Waals surface area (Å²) in [5, 5.41) is 15.9. The lowest BCUT2D eigenvalue weighted by atomic mass is 10.2. The fraction of sp³-hybridized carbons (Fsp3) is 0.235. The van der Waals surface area contributed by atoms with Crippen LogP contribution in [0, 0.1) is 11.5 Å². The number of rotatable bonds is 3. The first kappa shape index (κ1) is 14.5. The number of fused-ring (bicyclic) bond motifs is 1. The first-order valence-corrected chi connectivity index (χ1v) is 7.79. The van der Waals surface area contributed by atoms with Crippen molar-refractivity contribution in [3.05, 3.63) is 42.6 Å². The molecule has 7 heteroatoms. The normalized spacial score (nSPS) is 14.5. The van der Waals surface area contributed by atoms with Crippen LogP contribution in [0.25, 0.3) is 16.9 Å². The maximum Gasteiger partial charge on any atom is 0.182 e. The van der Waals surface area contributed by atoms with Gasteiger partial charge in [0.15, 0.2) is 17.8 Å². The van der Waals surface area contributed by atoms with Gasteiger partial charge in [-0.3, -0.25) is 5.32 Å². The molecule has 1 aliphatic rings. The zero-order valence-electron chi connectivity index (χ0n) is 13.0. The Morgan fingerprint density at radius 1 is 1.12 bits per heavy atom. The molecule has 0 bridgehead atoms. The van der Waals surface area contributed by atoms with Crippen LogP contribution in [0.1, 0.15) is 0 Å². The lowest BCUT2D eigenvalue weighted by Crippen LogP contribution is -2.37. The summed E-state index contributed by atoms with van der Waals surface area (Å²) in [5.41, 5.74) is 2.64. The summed E-state index contributed by atoms with van der Waals surface area (Å²) in [6.07, 6.45) is 3.84. The molecule has 0 aliphatic carbocycles. The summed E-state index contributed by atoms with van der Waals surface area (Å²) in [6.45, 7) is 3.06. The summed E-state index contributed by atoms with van der Waals surface area (Å²) >= 11 is 0. The smallest absolute Gasteiger partial charge is 0.182 e. The molecule has 7 nitrogen and oxygen atoms in total. The summed E-state index contributed by atoms with van der Waals surface area (Å²) in [6, 6.07) is 11.5. The topological polar surface area (TPSA) is 78.5 Å². The van der Waals surface area contributed by atoms with E-state index in [1.165, 1.54) is 0 Å². The number of nitriles is 1. The van der Waals surface area contributed by atoms with E-state index in [-0.39, 0.29) is 0 Å². The highest BCUT2D eigenvalue weighted by Gasteiger charge is 2.18. The number of benzene rings is 1. The average Bonchev–Trinajstić information content (AvgIpc) is 3.11. The van der Waals surface area contributed by atoms with E-state index in [0.29, 0.717) is 19.0 Å². The van der Waals surface area contributed by atoms with Crippen LogP contribution >= 0.6 is 0 Å². The number of morpholine rings is 1. The second-order valence-electron chi connectivity index (χ2n) is 5.51. The Bertz CT molecular complexity index is 890. The zero-order valence-corrected chi connectivity index (χ0v) is 13.0. The predicted molar refractivity (Wildman–Crippen MR) is 90.7 cm³/mol. The molecule has 0 amide bonds. The average molecular weight is 320 g/mol. The van der Waals surface area contributed by atoms with Crippen LogP contribution in [0.5, 0.6) is 0 Å². The second-order valence-corrected chi connectivity index (χ2v) is 5.51. The predicted octanol–water partition coefficient (Wildman–Crippen LogP) is 2.13. The Labute approximate surface area is 139 Å². The van der Waals surface area contributed by atoms with Gasteiger partial charge in [0.25, 0.3) is 0 Å². The molecular weight excluding hydrogens is 304 g/mol. The number of nitrogens with one attached hydrogen (secondary N) is 1. The van der Waals surface area contributed by atoms with Gasteiger partial charge in [0, 0.05) is 30.5 Å². The Balaban J connectivity index is 1.77. The highest BCUT2D eigenvalue weighted by atomic mass is 16.5. The molecule has 1 aromatic carbocycles. The standard InChI is InChI=1S/C17H16N6O/c18-12-19-14-5-3-13(4-6-14)16-20-17(22-8-10-24-11-9-22)15-2-1-7-23(15)21-16/h1-7,19H,8-11H2. The van der Waals surface area contributed by atoms with Crippen LogP contribution < -0.4 is 10.2 Å². The van der Waals surface area contributed by atoms with E-state index in [1.54, 1.807) is 0 Å². The molecule has 0 saturated carbocycles. The summed E-state index contributed by atoms with van der Waals surface area (Å²) in [5.74, 6) is 1.58. The van der Waals surface area contributed by atoms with Gasteiger partial charge in [-0.2, -0.15) is 5.26 Å². The Morgan fingerprint density at radius 3 is 2.67 bits per heavy atom. The van der Waals surface area contributed by atoms with Gasteiger partial charge in [-0.05, 0) is 36.4 Å². The van der Waals surface area contributed by atoms with Crippen molar-refractivity contribution in [2.45, 2.75) is 0 Å². The van der Waals surface area contributed by atoms with E-state index in [2.05, 4.69) is 15.3 Å². The van der Waals surface area contributed by atoms with E-state index >= 15 is 0 Å². The Hall–Kier alpha value is -3.11. The van der Waals surface area contributed by atoms with Crippen molar-refractivity contribution in [1.82, 2.24) is 14.6 Å². The lowest BCUT2D eigenvalue weighted by molar-refractivity contribution is 0.122. The van der Waals surface area contributed by atoms with Gasteiger partial charge < -0.3 is 9.64 Å². The molecule has 4 rings (SSSR count). The highest BCUT2D eigenvalue weighted by molar-refractivity contribution is 5.72. The fourth-order valence-corrected chi connectivity index (χ4v) is 2.82. The molecule has 0 atom stereocenters. The monoisotopic (exact) mass is 320 g/mol. The van der Waals surface area contributed by atoms with E-state index in [1.807, 2.05) is 53.3 Å². The molecule has 1 saturated heterocycles. The van der Waals surface area contributed by atoms with E-state index in [4.69, 9.17) is 15.0 Å².